The van der Waals surface area contributed by atoms with Gasteiger partial charge >= 0.3 is 0 Å². The third-order valence-corrected chi connectivity index (χ3v) is 2.41. The minimum absolute atomic E-state index is 0.730. The second-order valence-electron chi connectivity index (χ2n) is 3.53. The molecule has 0 aliphatic rings. The van der Waals surface area contributed by atoms with Crippen LogP contribution in [0.5, 0.6) is 0 Å². The molecule has 1 N–H and O–H groups in total. The highest BCUT2D eigenvalue weighted by Crippen LogP contribution is 2.08. The minimum Gasteiger partial charge on any atom is -0.365 e. The van der Waals surface area contributed by atoms with Crippen molar-refractivity contribution in [2.24, 2.45) is 0 Å². The average molecular weight is 229 g/mol. The smallest absolute Gasteiger partial charge is 0.203 e. The molecule has 0 aliphatic heterocycles. The summed E-state index contributed by atoms with van der Waals surface area (Å²) in [5.41, 5.74) is 0.730. The van der Waals surface area contributed by atoms with Crippen LogP contribution >= 0.6 is 0 Å². The van der Waals surface area contributed by atoms with Crippen molar-refractivity contribution in [2.45, 2.75) is 6.54 Å². The van der Waals surface area contributed by atoms with Gasteiger partial charge in [-0.15, -0.1) is 10.2 Å². The zero-order valence-corrected chi connectivity index (χ0v) is 9.06. The molecule has 3 rings (SSSR count). The van der Waals surface area contributed by atoms with Crippen molar-refractivity contribution >= 4 is 11.5 Å². The van der Waals surface area contributed by atoms with E-state index in [4.69, 9.17) is 0 Å². The van der Waals surface area contributed by atoms with Gasteiger partial charge in [0.2, 0.25) is 5.65 Å². The van der Waals surface area contributed by atoms with E-state index in [2.05, 4.69) is 25.6 Å². The van der Waals surface area contributed by atoms with E-state index >= 15 is 0 Å². The summed E-state index contributed by atoms with van der Waals surface area (Å²) in [5, 5.41) is 15.2. The molecule has 0 bridgehead atoms. The number of rotatable bonds is 4. The standard InChI is InChI=1S/C10H11N7/c1-2-14-17(5-1)7-4-12-9-10-15-13-8-16(10)6-3-11-9/h1-3,5-6,8H,4,7H2,(H,11,12). The normalized spacial score (nSPS) is 10.8. The summed E-state index contributed by atoms with van der Waals surface area (Å²) in [5.74, 6) is 0.733. The summed E-state index contributed by atoms with van der Waals surface area (Å²) in [4.78, 5) is 4.23. The van der Waals surface area contributed by atoms with Gasteiger partial charge in [0.15, 0.2) is 5.82 Å². The fraction of sp³-hybridized carbons (Fsp3) is 0.200. The minimum atomic E-state index is 0.730. The highest BCUT2D eigenvalue weighted by molar-refractivity contribution is 5.61. The molecule has 17 heavy (non-hydrogen) atoms. The molecule has 0 spiro atoms. The maximum absolute atomic E-state index is 4.23. The van der Waals surface area contributed by atoms with Crippen molar-refractivity contribution in [3.05, 3.63) is 37.2 Å². The predicted octanol–water partition coefficient (Wildman–Crippen LogP) is 0.433. The number of fused-ring (bicyclic) bond motifs is 1. The zero-order valence-electron chi connectivity index (χ0n) is 9.06. The molecule has 7 heteroatoms. The molecule has 3 aromatic rings. The highest BCUT2D eigenvalue weighted by Gasteiger charge is 2.03. The first-order valence-corrected chi connectivity index (χ1v) is 5.29. The van der Waals surface area contributed by atoms with Crippen LogP contribution in [0, 0.1) is 0 Å². The van der Waals surface area contributed by atoms with Gasteiger partial charge in [0, 0.05) is 31.3 Å². The van der Waals surface area contributed by atoms with Crippen molar-refractivity contribution in [2.75, 3.05) is 11.9 Å². The molecule has 0 fully saturated rings. The zero-order chi connectivity index (χ0) is 11.5. The van der Waals surface area contributed by atoms with Gasteiger partial charge in [0.1, 0.15) is 6.33 Å². The van der Waals surface area contributed by atoms with Crippen LogP contribution in [-0.4, -0.2) is 35.9 Å². The third kappa shape index (κ3) is 1.94. The average Bonchev–Trinajstić information content (AvgIpc) is 2.99. The molecule has 0 unspecified atom stereocenters. The van der Waals surface area contributed by atoms with Gasteiger partial charge in [-0.2, -0.15) is 5.10 Å². The molecule has 0 aliphatic carbocycles. The SMILES string of the molecule is c1cnn(CCNc2nccn3cnnc23)c1. The maximum atomic E-state index is 4.23. The van der Waals surface area contributed by atoms with Gasteiger partial charge in [0.25, 0.3) is 0 Å². The van der Waals surface area contributed by atoms with Gasteiger partial charge in [-0.3, -0.25) is 9.08 Å². The lowest BCUT2D eigenvalue weighted by Gasteiger charge is -2.05. The highest BCUT2D eigenvalue weighted by atomic mass is 15.3. The Labute approximate surface area is 97.1 Å². The number of nitrogens with one attached hydrogen (secondary N) is 1. The van der Waals surface area contributed by atoms with Crippen molar-refractivity contribution in [1.82, 2.24) is 29.4 Å². The second kappa shape index (κ2) is 4.20. The van der Waals surface area contributed by atoms with Crippen LogP contribution in [0.4, 0.5) is 5.82 Å². The largest absolute Gasteiger partial charge is 0.365 e. The number of aromatic nitrogens is 6. The van der Waals surface area contributed by atoms with E-state index in [1.807, 2.05) is 27.5 Å². The van der Waals surface area contributed by atoms with E-state index < -0.39 is 0 Å². The van der Waals surface area contributed by atoms with E-state index in [1.165, 1.54) is 0 Å². The molecular weight excluding hydrogens is 218 g/mol. The van der Waals surface area contributed by atoms with Crippen LogP contribution in [0.3, 0.4) is 0 Å². The molecule has 86 valence electrons. The molecule has 0 atom stereocenters. The maximum Gasteiger partial charge on any atom is 0.203 e. The van der Waals surface area contributed by atoms with Crippen molar-refractivity contribution in [1.29, 1.82) is 0 Å². The number of hydrogen-bond acceptors (Lipinski definition) is 5. The van der Waals surface area contributed by atoms with Crippen LogP contribution in [0.15, 0.2) is 37.2 Å². The third-order valence-electron chi connectivity index (χ3n) is 2.41. The van der Waals surface area contributed by atoms with E-state index in [-0.39, 0.29) is 0 Å². The fourth-order valence-corrected chi connectivity index (χ4v) is 1.60. The van der Waals surface area contributed by atoms with Gasteiger partial charge in [-0.05, 0) is 6.07 Å². The predicted molar refractivity (Wildman–Crippen MR) is 61.5 cm³/mol. The first-order valence-electron chi connectivity index (χ1n) is 5.29. The molecular formula is C10H11N7. The summed E-state index contributed by atoms with van der Waals surface area (Å²) in [7, 11) is 0. The lowest BCUT2D eigenvalue weighted by atomic mass is 10.5. The van der Waals surface area contributed by atoms with Gasteiger partial charge in [0.05, 0.1) is 6.54 Å². The molecule has 0 amide bonds. The number of nitrogens with zero attached hydrogens (tertiary/aromatic N) is 6. The summed E-state index contributed by atoms with van der Waals surface area (Å²) in [6, 6.07) is 1.90. The first kappa shape index (κ1) is 9.76. The van der Waals surface area contributed by atoms with Crippen LogP contribution < -0.4 is 5.32 Å². The molecule has 0 saturated carbocycles. The van der Waals surface area contributed by atoms with Crippen molar-refractivity contribution in [3.63, 3.8) is 0 Å². The Morgan fingerprint density at radius 1 is 1.24 bits per heavy atom. The first-order chi connectivity index (χ1) is 8.43. The molecule has 0 radical (unpaired) electrons. The Morgan fingerprint density at radius 3 is 3.12 bits per heavy atom. The monoisotopic (exact) mass is 229 g/mol. The summed E-state index contributed by atoms with van der Waals surface area (Å²) < 4.78 is 3.68. The fourth-order valence-electron chi connectivity index (χ4n) is 1.60. The van der Waals surface area contributed by atoms with E-state index in [1.54, 1.807) is 18.7 Å². The summed E-state index contributed by atoms with van der Waals surface area (Å²) >= 11 is 0. The summed E-state index contributed by atoms with van der Waals surface area (Å²) in [6.07, 6.45) is 8.86. The van der Waals surface area contributed by atoms with E-state index in [0.29, 0.717) is 0 Å². The second-order valence-corrected chi connectivity index (χ2v) is 3.53. The van der Waals surface area contributed by atoms with E-state index in [9.17, 15) is 0 Å². The molecule has 7 nitrogen and oxygen atoms in total. The Bertz CT molecular complexity index is 598. The lowest BCUT2D eigenvalue weighted by molar-refractivity contribution is 0.637. The van der Waals surface area contributed by atoms with Crippen molar-refractivity contribution < 1.29 is 0 Å². The van der Waals surface area contributed by atoms with Crippen LogP contribution in [0.25, 0.3) is 5.65 Å². The Morgan fingerprint density at radius 2 is 2.24 bits per heavy atom. The topological polar surface area (TPSA) is 72.9 Å². The lowest BCUT2D eigenvalue weighted by Crippen LogP contribution is -2.12. The van der Waals surface area contributed by atoms with Gasteiger partial charge in [-0.25, -0.2) is 4.98 Å². The van der Waals surface area contributed by atoms with Crippen LogP contribution in [0.2, 0.25) is 0 Å². The molecule has 0 saturated heterocycles. The molecule has 0 aromatic carbocycles. The summed E-state index contributed by atoms with van der Waals surface area (Å²) in [6.45, 7) is 1.52. The number of hydrogen-bond donors (Lipinski definition) is 1. The Balaban J connectivity index is 1.70. The quantitative estimate of drug-likeness (QED) is 0.702. The Kier molecular flexibility index (Phi) is 2.41. The molecule has 3 heterocycles. The van der Waals surface area contributed by atoms with Crippen LogP contribution in [-0.2, 0) is 6.54 Å². The molecule has 3 aromatic heterocycles. The van der Waals surface area contributed by atoms with Crippen molar-refractivity contribution in [3.8, 4) is 0 Å². The van der Waals surface area contributed by atoms with Crippen LogP contribution in [0.1, 0.15) is 0 Å². The Hall–Kier alpha value is -2.44. The number of anilines is 1. The van der Waals surface area contributed by atoms with E-state index in [0.717, 1.165) is 24.6 Å². The van der Waals surface area contributed by atoms with Gasteiger partial charge < -0.3 is 5.32 Å². The van der Waals surface area contributed by atoms with Gasteiger partial charge in [-0.1, -0.05) is 0 Å².